The number of likely N-dealkylation sites (tertiary alicyclic amines) is 1. The van der Waals surface area contributed by atoms with Gasteiger partial charge in [-0.15, -0.1) is 5.10 Å². The summed E-state index contributed by atoms with van der Waals surface area (Å²) in [5.74, 6) is -1.23. The van der Waals surface area contributed by atoms with Crippen LogP contribution < -0.4 is 5.32 Å². The van der Waals surface area contributed by atoms with Crippen LogP contribution in [0.1, 0.15) is 39.3 Å². The molecule has 0 bridgehead atoms. The highest BCUT2D eigenvalue weighted by Crippen LogP contribution is 2.18. The van der Waals surface area contributed by atoms with Crippen molar-refractivity contribution in [2.24, 2.45) is 0 Å². The van der Waals surface area contributed by atoms with Crippen molar-refractivity contribution in [2.75, 3.05) is 12.4 Å². The van der Waals surface area contributed by atoms with E-state index >= 15 is 0 Å². The van der Waals surface area contributed by atoms with Crippen molar-refractivity contribution < 1.29 is 23.9 Å². The summed E-state index contributed by atoms with van der Waals surface area (Å²) >= 11 is 0. The van der Waals surface area contributed by atoms with Gasteiger partial charge in [0, 0.05) is 24.1 Å². The summed E-state index contributed by atoms with van der Waals surface area (Å²) in [4.78, 5) is 48.7. The summed E-state index contributed by atoms with van der Waals surface area (Å²) in [6.07, 6.45) is 1.95. The molecule has 10 nitrogen and oxygen atoms in total. The molecule has 1 N–H and O–H groups in total. The van der Waals surface area contributed by atoms with Crippen molar-refractivity contribution >= 4 is 29.4 Å². The van der Waals surface area contributed by atoms with Gasteiger partial charge in [0.05, 0.1) is 25.5 Å². The molecule has 0 unspecified atom stereocenters. The van der Waals surface area contributed by atoms with E-state index in [4.69, 9.17) is 0 Å². The summed E-state index contributed by atoms with van der Waals surface area (Å²) in [7, 11) is 1.27. The third kappa shape index (κ3) is 4.38. The van der Waals surface area contributed by atoms with Crippen molar-refractivity contribution in [3.05, 3.63) is 71.5 Å². The number of nitrogens with one attached hydrogen (secondary N) is 1. The normalized spacial score (nSPS) is 13.3. The van der Waals surface area contributed by atoms with E-state index in [2.05, 4.69) is 20.4 Å². The highest BCUT2D eigenvalue weighted by Gasteiger charge is 2.28. The van der Waals surface area contributed by atoms with Gasteiger partial charge in [-0.2, -0.15) is 0 Å². The molecule has 162 valence electrons. The summed E-state index contributed by atoms with van der Waals surface area (Å²) in [6.45, 7) is 0.209. The zero-order valence-electron chi connectivity index (χ0n) is 17.1. The molecule has 0 saturated carbocycles. The molecule has 0 radical (unpaired) electrons. The van der Waals surface area contributed by atoms with E-state index in [9.17, 15) is 19.2 Å². The highest BCUT2D eigenvalue weighted by atomic mass is 16.5. The van der Waals surface area contributed by atoms with Gasteiger partial charge in [0.25, 0.3) is 5.91 Å². The van der Waals surface area contributed by atoms with Crippen molar-refractivity contribution in [1.82, 2.24) is 19.9 Å². The Kier molecular flexibility index (Phi) is 5.75. The number of benzene rings is 2. The van der Waals surface area contributed by atoms with E-state index in [-0.39, 0.29) is 42.8 Å². The first kappa shape index (κ1) is 20.9. The number of ether oxygens (including phenoxy) is 1. The SMILES string of the molecule is COC(=O)c1cn(-c2ccc(NC(=O)c3ccc(CN4C(=O)CCC4=O)cc3)cc2)nn1. The lowest BCUT2D eigenvalue weighted by atomic mass is 10.1. The van der Waals surface area contributed by atoms with E-state index in [1.807, 2.05) is 0 Å². The van der Waals surface area contributed by atoms with E-state index < -0.39 is 5.97 Å². The van der Waals surface area contributed by atoms with E-state index in [1.54, 1.807) is 48.5 Å². The summed E-state index contributed by atoms with van der Waals surface area (Å²) in [5.41, 5.74) is 2.53. The van der Waals surface area contributed by atoms with Crippen LogP contribution in [-0.4, -0.2) is 50.7 Å². The molecule has 2 heterocycles. The Morgan fingerprint density at radius 1 is 1.00 bits per heavy atom. The Morgan fingerprint density at radius 2 is 1.66 bits per heavy atom. The third-order valence-corrected chi connectivity index (χ3v) is 4.99. The smallest absolute Gasteiger partial charge is 0.360 e. The van der Waals surface area contributed by atoms with Gasteiger partial charge in [0.1, 0.15) is 0 Å². The monoisotopic (exact) mass is 433 g/mol. The number of methoxy groups -OCH3 is 1. The fraction of sp³-hybridized carbons (Fsp3) is 0.182. The number of anilines is 1. The fourth-order valence-electron chi connectivity index (χ4n) is 3.23. The Labute approximate surface area is 182 Å². The van der Waals surface area contributed by atoms with Crippen molar-refractivity contribution in [3.63, 3.8) is 0 Å². The minimum Gasteiger partial charge on any atom is -0.464 e. The van der Waals surface area contributed by atoms with Crippen molar-refractivity contribution in [1.29, 1.82) is 0 Å². The Balaban J connectivity index is 1.38. The number of carbonyl (C=O) groups is 4. The summed E-state index contributed by atoms with van der Waals surface area (Å²) in [5, 5.41) is 10.4. The Bertz CT molecular complexity index is 1170. The van der Waals surface area contributed by atoms with Gasteiger partial charge in [-0.05, 0) is 42.0 Å². The standard InChI is InChI=1S/C22H19N5O5/c1-32-22(31)18-13-27(25-24-18)17-8-6-16(7-9-17)23-21(30)15-4-2-14(3-5-15)12-26-19(28)10-11-20(26)29/h2-9,13H,10-12H2,1H3,(H,23,30). The fourth-order valence-corrected chi connectivity index (χ4v) is 3.23. The number of hydrogen-bond acceptors (Lipinski definition) is 7. The number of esters is 1. The number of amides is 3. The molecule has 1 aliphatic heterocycles. The lowest BCUT2D eigenvalue weighted by molar-refractivity contribution is -0.139. The number of nitrogens with zero attached hydrogens (tertiary/aromatic N) is 4. The number of carbonyl (C=O) groups excluding carboxylic acids is 4. The first-order chi connectivity index (χ1) is 15.4. The second kappa shape index (κ2) is 8.80. The van der Waals surface area contributed by atoms with Gasteiger partial charge in [0.15, 0.2) is 5.69 Å². The predicted molar refractivity (Wildman–Crippen MR) is 112 cm³/mol. The largest absolute Gasteiger partial charge is 0.464 e. The van der Waals surface area contributed by atoms with Crippen LogP contribution in [0.2, 0.25) is 0 Å². The number of hydrogen-bond donors (Lipinski definition) is 1. The maximum atomic E-state index is 12.5. The molecule has 3 amide bonds. The minimum absolute atomic E-state index is 0.0896. The lowest BCUT2D eigenvalue weighted by Crippen LogP contribution is -2.28. The number of aromatic nitrogens is 3. The first-order valence-electron chi connectivity index (χ1n) is 9.79. The zero-order valence-corrected chi connectivity index (χ0v) is 17.1. The van der Waals surface area contributed by atoms with Gasteiger partial charge in [-0.1, -0.05) is 17.3 Å². The molecule has 3 aromatic rings. The average molecular weight is 433 g/mol. The van der Waals surface area contributed by atoms with Crippen LogP contribution in [0, 0.1) is 0 Å². The van der Waals surface area contributed by atoms with Crippen LogP contribution in [0.25, 0.3) is 5.69 Å². The molecule has 10 heteroatoms. The van der Waals surface area contributed by atoms with Crippen LogP contribution >= 0.6 is 0 Å². The zero-order chi connectivity index (χ0) is 22.7. The van der Waals surface area contributed by atoms with Gasteiger partial charge >= 0.3 is 5.97 Å². The molecule has 2 aromatic carbocycles. The molecule has 1 fully saturated rings. The van der Waals surface area contributed by atoms with Crippen LogP contribution in [0.5, 0.6) is 0 Å². The van der Waals surface area contributed by atoms with E-state index in [1.165, 1.54) is 22.9 Å². The van der Waals surface area contributed by atoms with Crippen LogP contribution in [-0.2, 0) is 20.9 Å². The molecule has 1 saturated heterocycles. The van der Waals surface area contributed by atoms with Crippen molar-refractivity contribution in [3.8, 4) is 5.69 Å². The molecule has 0 atom stereocenters. The Hall–Kier alpha value is -4.34. The van der Waals surface area contributed by atoms with E-state index in [0.717, 1.165) is 5.56 Å². The van der Waals surface area contributed by atoms with Gasteiger partial charge < -0.3 is 10.1 Å². The maximum absolute atomic E-state index is 12.5. The second-order valence-corrected chi connectivity index (χ2v) is 7.11. The molecular formula is C22H19N5O5. The quantitative estimate of drug-likeness (QED) is 0.465. The summed E-state index contributed by atoms with van der Waals surface area (Å²) in [6, 6.07) is 13.6. The molecular weight excluding hydrogens is 414 g/mol. The van der Waals surface area contributed by atoms with Gasteiger partial charge in [-0.25, -0.2) is 9.48 Å². The predicted octanol–water partition coefficient (Wildman–Crippen LogP) is 1.96. The molecule has 0 aliphatic carbocycles. The number of rotatable bonds is 6. The second-order valence-electron chi connectivity index (χ2n) is 7.11. The Morgan fingerprint density at radius 3 is 2.28 bits per heavy atom. The van der Waals surface area contributed by atoms with Gasteiger partial charge in [0.2, 0.25) is 11.8 Å². The molecule has 1 aliphatic rings. The maximum Gasteiger partial charge on any atom is 0.360 e. The first-order valence-corrected chi connectivity index (χ1v) is 9.79. The van der Waals surface area contributed by atoms with Crippen molar-refractivity contribution in [2.45, 2.75) is 19.4 Å². The number of imide groups is 1. The van der Waals surface area contributed by atoms with Crippen LogP contribution in [0.15, 0.2) is 54.7 Å². The molecule has 0 spiro atoms. The van der Waals surface area contributed by atoms with E-state index in [0.29, 0.717) is 16.9 Å². The summed E-state index contributed by atoms with van der Waals surface area (Å²) < 4.78 is 6.03. The minimum atomic E-state index is -0.579. The molecule has 1 aromatic heterocycles. The average Bonchev–Trinajstić information content (AvgIpc) is 3.42. The molecule has 32 heavy (non-hydrogen) atoms. The van der Waals surface area contributed by atoms with Crippen LogP contribution in [0.4, 0.5) is 5.69 Å². The molecule has 4 rings (SSSR count). The van der Waals surface area contributed by atoms with Crippen LogP contribution in [0.3, 0.4) is 0 Å². The van der Waals surface area contributed by atoms with Gasteiger partial charge in [-0.3, -0.25) is 19.3 Å². The highest BCUT2D eigenvalue weighted by molar-refractivity contribution is 6.04. The topological polar surface area (TPSA) is 123 Å². The third-order valence-electron chi connectivity index (χ3n) is 4.99. The lowest BCUT2D eigenvalue weighted by Gasteiger charge is -2.14.